The van der Waals surface area contributed by atoms with Crippen molar-refractivity contribution in [3.05, 3.63) is 59.9 Å². The summed E-state index contributed by atoms with van der Waals surface area (Å²) in [6.45, 7) is 0.174. The highest BCUT2D eigenvalue weighted by molar-refractivity contribution is 5.71. The molecule has 0 aliphatic rings. The summed E-state index contributed by atoms with van der Waals surface area (Å²) in [7, 11) is 0. The number of anilines is 1. The van der Waals surface area contributed by atoms with Crippen LogP contribution in [0.2, 0.25) is 0 Å². The van der Waals surface area contributed by atoms with Crippen molar-refractivity contribution in [1.82, 2.24) is 0 Å². The molecule has 0 spiro atoms. The normalized spacial score (nSPS) is 9.83. The number of ether oxygens (including phenoxy) is 1. The lowest BCUT2D eigenvalue weighted by atomic mass is 10.2. The summed E-state index contributed by atoms with van der Waals surface area (Å²) in [5, 5.41) is 2.52. The van der Waals surface area contributed by atoms with Crippen molar-refractivity contribution >= 4 is 12.1 Å². The average molecular weight is 245 g/mol. The molecule has 18 heavy (non-hydrogen) atoms. The molecule has 0 fully saturated rings. The highest BCUT2D eigenvalue weighted by Crippen LogP contribution is 2.17. The number of amides is 1. The van der Waals surface area contributed by atoms with Crippen LogP contribution in [0, 0.1) is 5.82 Å². The van der Waals surface area contributed by atoms with Crippen LogP contribution in [0.15, 0.2) is 48.5 Å². The van der Waals surface area contributed by atoms with Crippen LogP contribution in [0.4, 0.5) is 10.1 Å². The van der Waals surface area contributed by atoms with E-state index in [1.165, 1.54) is 6.07 Å². The second-order valence-electron chi connectivity index (χ2n) is 3.67. The van der Waals surface area contributed by atoms with Gasteiger partial charge in [0.2, 0.25) is 6.41 Å². The standard InChI is InChI=1S/C14H12FNO2/c15-14-4-2-1-3-11(14)9-18-13-7-5-12(6-8-13)16-10-17/h1-8,10H,9H2,(H,16,17). The van der Waals surface area contributed by atoms with E-state index in [-0.39, 0.29) is 12.4 Å². The average Bonchev–Trinajstić information content (AvgIpc) is 2.40. The minimum atomic E-state index is -0.281. The summed E-state index contributed by atoms with van der Waals surface area (Å²) < 4.78 is 18.8. The molecule has 0 bridgehead atoms. The summed E-state index contributed by atoms with van der Waals surface area (Å²) in [6, 6.07) is 13.3. The third-order valence-electron chi connectivity index (χ3n) is 2.43. The maximum Gasteiger partial charge on any atom is 0.211 e. The predicted molar refractivity (Wildman–Crippen MR) is 66.9 cm³/mol. The number of benzene rings is 2. The number of hydrogen-bond acceptors (Lipinski definition) is 2. The molecule has 0 aliphatic heterocycles. The fourth-order valence-corrected chi connectivity index (χ4v) is 1.49. The van der Waals surface area contributed by atoms with Gasteiger partial charge in [0.15, 0.2) is 0 Å². The van der Waals surface area contributed by atoms with Gasteiger partial charge in [-0.3, -0.25) is 4.79 Å². The molecule has 2 rings (SSSR count). The first kappa shape index (κ1) is 12.1. The monoisotopic (exact) mass is 245 g/mol. The third kappa shape index (κ3) is 3.07. The van der Waals surface area contributed by atoms with E-state index in [0.717, 1.165) is 0 Å². The van der Waals surface area contributed by atoms with Crippen molar-refractivity contribution in [2.75, 3.05) is 5.32 Å². The lowest BCUT2D eigenvalue weighted by Gasteiger charge is -2.07. The Morgan fingerprint density at radius 3 is 2.50 bits per heavy atom. The Hall–Kier alpha value is -2.36. The van der Waals surface area contributed by atoms with Crippen LogP contribution in [-0.2, 0) is 11.4 Å². The van der Waals surface area contributed by atoms with Gasteiger partial charge in [0.05, 0.1) is 0 Å². The molecule has 0 heterocycles. The number of halogens is 1. The van der Waals surface area contributed by atoms with Crippen molar-refractivity contribution in [2.45, 2.75) is 6.61 Å². The molecule has 0 saturated heterocycles. The van der Waals surface area contributed by atoms with Crippen LogP contribution in [0.25, 0.3) is 0 Å². The van der Waals surface area contributed by atoms with Crippen LogP contribution in [0.1, 0.15) is 5.56 Å². The van der Waals surface area contributed by atoms with Crippen LogP contribution in [0.5, 0.6) is 5.75 Å². The second kappa shape index (κ2) is 5.82. The first-order chi connectivity index (χ1) is 8.79. The SMILES string of the molecule is O=CNc1ccc(OCc2ccccc2F)cc1. The Balaban J connectivity index is 1.98. The first-order valence-corrected chi connectivity index (χ1v) is 5.46. The fourth-order valence-electron chi connectivity index (χ4n) is 1.49. The number of rotatable bonds is 5. The topological polar surface area (TPSA) is 38.3 Å². The summed E-state index contributed by atoms with van der Waals surface area (Å²) in [6.07, 6.45) is 0.606. The molecule has 0 atom stereocenters. The van der Waals surface area contributed by atoms with Gasteiger partial charge in [0.1, 0.15) is 18.2 Å². The maximum atomic E-state index is 13.3. The minimum absolute atomic E-state index is 0.174. The zero-order valence-electron chi connectivity index (χ0n) is 9.60. The van der Waals surface area contributed by atoms with E-state index in [0.29, 0.717) is 23.4 Å². The summed E-state index contributed by atoms with van der Waals surface area (Å²) in [5.74, 6) is 0.339. The Kier molecular flexibility index (Phi) is 3.91. The highest BCUT2D eigenvalue weighted by Gasteiger charge is 2.01. The van der Waals surface area contributed by atoms with E-state index in [1.807, 2.05) is 0 Å². The van der Waals surface area contributed by atoms with Crippen LogP contribution < -0.4 is 10.1 Å². The molecular formula is C14H12FNO2. The van der Waals surface area contributed by atoms with Gasteiger partial charge in [-0.2, -0.15) is 0 Å². The fraction of sp³-hybridized carbons (Fsp3) is 0.0714. The van der Waals surface area contributed by atoms with E-state index in [2.05, 4.69) is 5.32 Å². The number of carbonyl (C=O) groups excluding carboxylic acids is 1. The summed E-state index contributed by atoms with van der Waals surface area (Å²) in [5.41, 5.74) is 1.19. The van der Waals surface area contributed by atoms with Gasteiger partial charge >= 0.3 is 0 Å². The Bertz CT molecular complexity index is 526. The van der Waals surface area contributed by atoms with E-state index >= 15 is 0 Å². The Labute approximate surface area is 104 Å². The Morgan fingerprint density at radius 1 is 1.11 bits per heavy atom. The van der Waals surface area contributed by atoms with Crippen molar-refractivity contribution in [3.8, 4) is 5.75 Å². The Morgan fingerprint density at radius 2 is 1.83 bits per heavy atom. The molecule has 0 unspecified atom stereocenters. The summed E-state index contributed by atoms with van der Waals surface area (Å²) in [4.78, 5) is 10.2. The zero-order chi connectivity index (χ0) is 12.8. The molecule has 0 aliphatic carbocycles. The largest absolute Gasteiger partial charge is 0.489 e. The number of hydrogen-bond donors (Lipinski definition) is 1. The van der Waals surface area contributed by atoms with E-state index in [9.17, 15) is 9.18 Å². The predicted octanol–water partition coefficient (Wildman–Crippen LogP) is 2.97. The van der Waals surface area contributed by atoms with Gasteiger partial charge < -0.3 is 10.1 Å². The van der Waals surface area contributed by atoms with Gasteiger partial charge in [-0.25, -0.2) is 4.39 Å². The smallest absolute Gasteiger partial charge is 0.211 e. The maximum absolute atomic E-state index is 13.3. The van der Waals surface area contributed by atoms with E-state index in [4.69, 9.17) is 4.74 Å². The molecular weight excluding hydrogens is 233 g/mol. The number of carbonyl (C=O) groups is 1. The molecule has 2 aromatic carbocycles. The lowest BCUT2D eigenvalue weighted by Crippen LogP contribution is -1.98. The molecule has 1 amide bonds. The molecule has 1 N–H and O–H groups in total. The summed E-state index contributed by atoms with van der Waals surface area (Å²) >= 11 is 0. The highest BCUT2D eigenvalue weighted by atomic mass is 19.1. The van der Waals surface area contributed by atoms with Crippen molar-refractivity contribution in [3.63, 3.8) is 0 Å². The van der Waals surface area contributed by atoms with Gasteiger partial charge in [-0.15, -0.1) is 0 Å². The van der Waals surface area contributed by atoms with Crippen LogP contribution in [0.3, 0.4) is 0 Å². The van der Waals surface area contributed by atoms with E-state index < -0.39 is 0 Å². The van der Waals surface area contributed by atoms with Gasteiger partial charge in [0.25, 0.3) is 0 Å². The number of nitrogens with one attached hydrogen (secondary N) is 1. The molecule has 92 valence electrons. The first-order valence-electron chi connectivity index (χ1n) is 5.46. The lowest BCUT2D eigenvalue weighted by molar-refractivity contribution is -0.105. The second-order valence-corrected chi connectivity index (χ2v) is 3.67. The van der Waals surface area contributed by atoms with Gasteiger partial charge in [0, 0.05) is 11.3 Å². The van der Waals surface area contributed by atoms with Crippen LogP contribution >= 0.6 is 0 Å². The molecule has 4 heteroatoms. The zero-order valence-corrected chi connectivity index (χ0v) is 9.60. The van der Waals surface area contributed by atoms with Crippen LogP contribution in [-0.4, -0.2) is 6.41 Å². The van der Waals surface area contributed by atoms with Crippen molar-refractivity contribution in [1.29, 1.82) is 0 Å². The molecule has 0 radical (unpaired) electrons. The quantitative estimate of drug-likeness (QED) is 0.822. The van der Waals surface area contributed by atoms with Gasteiger partial charge in [-0.05, 0) is 30.3 Å². The van der Waals surface area contributed by atoms with E-state index in [1.54, 1.807) is 42.5 Å². The molecule has 0 saturated carbocycles. The molecule has 3 nitrogen and oxygen atoms in total. The van der Waals surface area contributed by atoms with Crippen molar-refractivity contribution in [2.24, 2.45) is 0 Å². The van der Waals surface area contributed by atoms with Gasteiger partial charge in [-0.1, -0.05) is 18.2 Å². The molecule has 2 aromatic rings. The minimum Gasteiger partial charge on any atom is -0.489 e. The third-order valence-corrected chi connectivity index (χ3v) is 2.43. The molecule has 0 aromatic heterocycles. The van der Waals surface area contributed by atoms with Crippen molar-refractivity contribution < 1.29 is 13.9 Å².